The molecule has 2 atom stereocenters. The molecule has 0 fully saturated rings. The minimum Gasteiger partial charge on any atom is -0.490 e. The number of amides is 1. The summed E-state index contributed by atoms with van der Waals surface area (Å²) in [6.45, 7) is 9.53. The fourth-order valence-corrected chi connectivity index (χ4v) is 1.73. The Morgan fingerprint density at radius 1 is 1.32 bits per heavy atom. The van der Waals surface area contributed by atoms with Gasteiger partial charge in [0.15, 0.2) is 17.6 Å². The smallest absolute Gasteiger partial charge is 0.262 e. The van der Waals surface area contributed by atoms with Gasteiger partial charge in [0.2, 0.25) is 0 Å². The number of carbonyl (C=O) groups is 1. The average Bonchev–Trinajstić information content (AvgIpc) is 2.49. The lowest BCUT2D eigenvalue weighted by atomic mass is 9.90. The van der Waals surface area contributed by atoms with E-state index >= 15 is 0 Å². The molecule has 5 nitrogen and oxygen atoms in total. The summed E-state index contributed by atoms with van der Waals surface area (Å²) in [4.78, 5) is 12.3. The number of hydrogen-bond donors (Lipinski definition) is 1. The second-order valence-electron chi connectivity index (χ2n) is 5.60. The third kappa shape index (κ3) is 4.39. The van der Waals surface area contributed by atoms with Gasteiger partial charge < -0.3 is 14.8 Å². The molecule has 0 unspecified atom stereocenters. The molecule has 1 N–H and O–H groups in total. The Hall–Kier alpha value is -2.22. The third-order valence-electron chi connectivity index (χ3n) is 3.59. The summed E-state index contributed by atoms with van der Waals surface area (Å²) in [5.41, 5.74) is -0.922. The summed E-state index contributed by atoms with van der Waals surface area (Å²) in [7, 11) is 0. The van der Waals surface area contributed by atoms with Gasteiger partial charge >= 0.3 is 0 Å². The Kier molecular flexibility index (Phi) is 6.24. The highest BCUT2D eigenvalue weighted by Gasteiger charge is 2.32. The van der Waals surface area contributed by atoms with Gasteiger partial charge in [0.1, 0.15) is 5.54 Å². The Labute approximate surface area is 132 Å². The molecular weight excluding hydrogens is 280 g/mol. The number of benzene rings is 1. The van der Waals surface area contributed by atoms with Crippen LogP contribution in [0.25, 0.3) is 0 Å². The molecule has 0 spiro atoms. The first-order chi connectivity index (χ1) is 10.3. The normalized spacial score (nSPS) is 14.6. The number of hydrogen-bond acceptors (Lipinski definition) is 4. The zero-order valence-corrected chi connectivity index (χ0v) is 13.8. The van der Waals surface area contributed by atoms with Crippen LogP contribution < -0.4 is 14.8 Å². The molecule has 1 rings (SSSR count). The van der Waals surface area contributed by atoms with Crippen LogP contribution in [0.5, 0.6) is 11.5 Å². The molecule has 0 saturated carbocycles. The Morgan fingerprint density at radius 3 is 2.41 bits per heavy atom. The molecule has 0 aliphatic rings. The lowest BCUT2D eigenvalue weighted by molar-refractivity contribution is -0.129. The van der Waals surface area contributed by atoms with Crippen LogP contribution in [0.1, 0.15) is 34.6 Å². The molecule has 1 aromatic rings. The number of nitrogens with zero attached hydrogens (tertiary/aromatic N) is 1. The van der Waals surface area contributed by atoms with E-state index in [1.807, 2.05) is 32.9 Å². The highest BCUT2D eigenvalue weighted by Crippen LogP contribution is 2.27. The maximum Gasteiger partial charge on any atom is 0.262 e. The number of para-hydroxylation sites is 2. The fraction of sp³-hybridized carbons (Fsp3) is 0.529. The molecule has 0 aliphatic heterocycles. The van der Waals surface area contributed by atoms with Gasteiger partial charge in [-0.3, -0.25) is 4.79 Å². The molecule has 120 valence electrons. The van der Waals surface area contributed by atoms with E-state index in [2.05, 4.69) is 11.4 Å². The van der Waals surface area contributed by atoms with E-state index in [0.717, 1.165) is 0 Å². The number of rotatable bonds is 7. The average molecular weight is 304 g/mol. The van der Waals surface area contributed by atoms with E-state index in [4.69, 9.17) is 9.47 Å². The molecule has 22 heavy (non-hydrogen) atoms. The molecule has 5 heteroatoms. The van der Waals surface area contributed by atoms with Gasteiger partial charge in [0, 0.05) is 0 Å². The van der Waals surface area contributed by atoms with E-state index in [1.54, 1.807) is 26.0 Å². The van der Waals surface area contributed by atoms with Gasteiger partial charge in [-0.15, -0.1) is 0 Å². The van der Waals surface area contributed by atoms with Gasteiger partial charge in [-0.25, -0.2) is 0 Å². The molecular formula is C17H24N2O3. The summed E-state index contributed by atoms with van der Waals surface area (Å²) in [6.07, 6.45) is -0.729. The summed E-state index contributed by atoms with van der Waals surface area (Å²) in [5.74, 6) is 0.764. The van der Waals surface area contributed by atoms with Crippen molar-refractivity contribution in [3.63, 3.8) is 0 Å². The second kappa shape index (κ2) is 7.69. The van der Waals surface area contributed by atoms with Crippen LogP contribution >= 0.6 is 0 Å². The maximum atomic E-state index is 12.3. The molecule has 0 heterocycles. The lowest BCUT2D eigenvalue weighted by Crippen LogP contribution is -2.52. The van der Waals surface area contributed by atoms with Gasteiger partial charge in [-0.05, 0) is 38.8 Å². The summed E-state index contributed by atoms with van der Waals surface area (Å²) in [5, 5.41) is 12.0. The van der Waals surface area contributed by atoms with Crippen LogP contribution in [0.3, 0.4) is 0 Å². The van der Waals surface area contributed by atoms with Crippen molar-refractivity contribution >= 4 is 5.91 Å². The van der Waals surface area contributed by atoms with Gasteiger partial charge in [0.05, 0.1) is 12.7 Å². The van der Waals surface area contributed by atoms with Crippen LogP contribution in [-0.4, -0.2) is 24.2 Å². The predicted octanol–water partition coefficient (Wildman–Crippen LogP) is 2.91. The summed E-state index contributed by atoms with van der Waals surface area (Å²) < 4.78 is 11.2. The quantitative estimate of drug-likeness (QED) is 0.840. The van der Waals surface area contributed by atoms with Crippen LogP contribution in [0.4, 0.5) is 0 Å². The molecule has 1 amide bonds. The summed E-state index contributed by atoms with van der Waals surface area (Å²) in [6, 6.07) is 9.34. The first-order valence-corrected chi connectivity index (χ1v) is 7.45. The topological polar surface area (TPSA) is 71.3 Å². The first-order valence-electron chi connectivity index (χ1n) is 7.45. The van der Waals surface area contributed by atoms with Crippen molar-refractivity contribution in [2.24, 2.45) is 5.92 Å². The monoisotopic (exact) mass is 304 g/mol. The largest absolute Gasteiger partial charge is 0.490 e. The standard InChI is InChI=1S/C17H24N2O3/c1-6-21-14-9-7-8-10-15(14)22-13(4)16(20)19-17(5,11-18)12(2)3/h7-10,12-13H,6H2,1-5H3,(H,19,20)/t13-,17-/m1/s1. The molecule has 1 aromatic carbocycles. The van der Waals surface area contributed by atoms with Crippen molar-refractivity contribution in [2.75, 3.05) is 6.61 Å². The Balaban J connectivity index is 2.79. The number of carbonyl (C=O) groups excluding carboxylic acids is 1. The van der Waals surface area contributed by atoms with E-state index in [-0.39, 0.29) is 11.8 Å². The van der Waals surface area contributed by atoms with E-state index in [9.17, 15) is 10.1 Å². The van der Waals surface area contributed by atoms with Crippen LogP contribution in [0.2, 0.25) is 0 Å². The number of nitriles is 1. The fourth-order valence-electron chi connectivity index (χ4n) is 1.73. The summed E-state index contributed by atoms with van der Waals surface area (Å²) >= 11 is 0. The Morgan fingerprint density at radius 2 is 1.91 bits per heavy atom. The minimum absolute atomic E-state index is 0.00985. The number of nitrogens with one attached hydrogen (secondary N) is 1. The van der Waals surface area contributed by atoms with Crippen molar-refractivity contribution in [1.82, 2.24) is 5.32 Å². The molecule has 0 radical (unpaired) electrons. The van der Waals surface area contributed by atoms with Crippen molar-refractivity contribution in [3.05, 3.63) is 24.3 Å². The zero-order chi connectivity index (χ0) is 16.8. The van der Waals surface area contributed by atoms with Crippen LogP contribution in [0.15, 0.2) is 24.3 Å². The minimum atomic E-state index is -0.922. The predicted molar refractivity (Wildman–Crippen MR) is 84.7 cm³/mol. The second-order valence-corrected chi connectivity index (χ2v) is 5.60. The first kappa shape index (κ1) is 17.8. The number of ether oxygens (including phenoxy) is 2. The molecule has 0 aromatic heterocycles. The molecule has 0 saturated heterocycles. The Bertz CT molecular complexity index is 551. The van der Waals surface area contributed by atoms with Gasteiger partial charge in [0.25, 0.3) is 5.91 Å². The van der Waals surface area contributed by atoms with E-state index in [0.29, 0.717) is 18.1 Å². The van der Waals surface area contributed by atoms with Crippen molar-refractivity contribution in [3.8, 4) is 17.6 Å². The highest BCUT2D eigenvalue weighted by molar-refractivity contribution is 5.82. The lowest BCUT2D eigenvalue weighted by Gasteiger charge is -2.29. The molecule has 0 aliphatic carbocycles. The maximum absolute atomic E-state index is 12.3. The molecule has 0 bridgehead atoms. The highest BCUT2D eigenvalue weighted by atomic mass is 16.5. The van der Waals surface area contributed by atoms with Gasteiger partial charge in [-0.2, -0.15) is 5.26 Å². The van der Waals surface area contributed by atoms with E-state index < -0.39 is 11.6 Å². The van der Waals surface area contributed by atoms with E-state index in [1.165, 1.54) is 0 Å². The zero-order valence-electron chi connectivity index (χ0n) is 13.8. The van der Waals surface area contributed by atoms with Crippen LogP contribution in [0, 0.1) is 17.2 Å². The van der Waals surface area contributed by atoms with Crippen LogP contribution in [-0.2, 0) is 4.79 Å². The third-order valence-corrected chi connectivity index (χ3v) is 3.59. The van der Waals surface area contributed by atoms with Crippen molar-refractivity contribution < 1.29 is 14.3 Å². The van der Waals surface area contributed by atoms with Crippen molar-refractivity contribution in [2.45, 2.75) is 46.3 Å². The van der Waals surface area contributed by atoms with Crippen molar-refractivity contribution in [1.29, 1.82) is 5.26 Å². The van der Waals surface area contributed by atoms with Gasteiger partial charge in [-0.1, -0.05) is 26.0 Å². The SMILES string of the molecule is CCOc1ccccc1O[C@H](C)C(=O)N[C@](C)(C#N)C(C)C.